The summed E-state index contributed by atoms with van der Waals surface area (Å²) < 4.78 is 0. The van der Waals surface area contributed by atoms with Gasteiger partial charge in [-0.05, 0) is 52.2 Å². The lowest BCUT2D eigenvalue weighted by molar-refractivity contribution is -0.137. The summed E-state index contributed by atoms with van der Waals surface area (Å²) in [5.41, 5.74) is 0. The van der Waals surface area contributed by atoms with Crippen LogP contribution in [0.3, 0.4) is 0 Å². The fourth-order valence-electron chi connectivity index (χ4n) is 3.26. The van der Waals surface area contributed by atoms with E-state index in [1.807, 2.05) is 0 Å². The van der Waals surface area contributed by atoms with Crippen molar-refractivity contribution in [2.45, 2.75) is 45.2 Å². The number of likely N-dealkylation sites (N-methyl/N-ethyl adjacent to an activating group) is 1. The molecule has 2 fully saturated rings. The zero-order valence-corrected chi connectivity index (χ0v) is 12.0. The summed E-state index contributed by atoms with van der Waals surface area (Å²) in [6.45, 7) is 8.36. The zero-order chi connectivity index (χ0) is 13.1. The molecule has 0 aromatic rings. The topological polar surface area (TPSA) is 35.6 Å². The van der Waals surface area contributed by atoms with Crippen LogP contribution in [0.25, 0.3) is 0 Å². The molecule has 2 aliphatic heterocycles. The third kappa shape index (κ3) is 3.04. The first-order valence-electron chi connectivity index (χ1n) is 7.32. The molecular formula is C14H27N3O. The molecule has 18 heavy (non-hydrogen) atoms. The number of carbonyl (C=O) groups excluding carboxylic acids is 1. The molecule has 0 aromatic carbocycles. The highest BCUT2D eigenvalue weighted by molar-refractivity contribution is 5.82. The van der Waals surface area contributed by atoms with Gasteiger partial charge in [0.25, 0.3) is 0 Å². The number of rotatable bonds is 1. The molecule has 2 heterocycles. The van der Waals surface area contributed by atoms with E-state index < -0.39 is 0 Å². The molecule has 1 N–H and O–H groups in total. The van der Waals surface area contributed by atoms with E-state index in [1.165, 1.54) is 12.8 Å². The molecule has 3 atom stereocenters. The van der Waals surface area contributed by atoms with Crippen LogP contribution in [-0.2, 0) is 4.79 Å². The van der Waals surface area contributed by atoms with Crippen molar-refractivity contribution in [2.75, 3.05) is 33.2 Å². The van der Waals surface area contributed by atoms with Gasteiger partial charge in [0, 0.05) is 19.1 Å². The minimum absolute atomic E-state index is 0.0459. The normalized spacial score (nSPS) is 35.3. The van der Waals surface area contributed by atoms with Crippen molar-refractivity contribution < 1.29 is 4.79 Å². The minimum Gasteiger partial charge on any atom is -0.337 e. The van der Waals surface area contributed by atoms with Crippen molar-refractivity contribution in [3.8, 4) is 0 Å². The maximum atomic E-state index is 12.7. The number of amides is 1. The Kier molecular flexibility index (Phi) is 4.62. The Morgan fingerprint density at radius 3 is 2.72 bits per heavy atom. The van der Waals surface area contributed by atoms with Gasteiger partial charge in [-0.15, -0.1) is 0 Å². The van der Waals surface area contributed by atoms with Gasteiger partial charge in [-0.1, -0.05) is 6.92 Å². The Bertz CT molecular complexity index is 295. The van der Waals surface area contributed by atoms with Crippen LogP contribution < -0.4 is 5.32 Å². The van der Waals surface area contributed by atoms with E-state index >= 15 is 0 Å². The first-order chi connectivity index (χ1) is 8.59. The summed E-state index contributed by atoms with van der Waals surface area (Å²) >= 11 is 0. The third-order valence-corrected chi connectivity index (χ3v) is 4.37. The van der Waals surface area contributed by atoms with E-state index in [0.717, 1.165) is 32.6 Å². The van der Waals surface area contributed by atoms with Gasteiger partial charge in [0.1, 0.15) is 0 Å². The van der Waals surface area contributed by atoms with E-state index in [4.69, 9.17) is 0 Å². The van der Waals surface area contributed by atoms with Crippen molar-refractivity contribution in [1.82, 2.24) is 15.1 Å². The Morgan fingerprint density at radius 1 is 1.22 bits per heavy atom. The summed E-state index contributed by atoms with van der Waals surface area (Å²) in [6, 6.07) is 0.380. The fraction of sp³-hybridized carbons (Fsp3) is 0.929. The van der Waals surface area contributed by atoms with Gasteiger partial charge in [0.15, 0.2) is 0 Å². The van der Waals surface area contributed by atoms with Gasteiger partial charge in [-0.3, -0.25) is 4.79 Å². The predicted octanol–water partition coefficient (Wildman–Crippen LogP) is 0.927. The molecule has 2 saturated heterocycles. The lowest BCUT2D eigenvalue weighted by Crippen LogP contribution is -2.55. The predicted molar refractivity (Wildman–Crippen MR) is 73.5 cm³/mol. The largest absolute Gasteiger partial charge is 0.337 e. The Balaban J connectivity index is 2.02. The molecule has 0 spiro atoms. The van der Waals surface area contributed by atoms with Crippen LogP contribution >= 0.6 is 0 Å². The average Bonchev–Trinajstić information content (AvgIpc) is 2.50. The molecule has 0 saturated carbocycles. The van der Waals surface area contributed by atoms with Crippen LogP contribution in [0.1, 0.15) is 33.1 Å². The molecule has 2 aliphatic rings. The van der Waals surface area contributed by atoms with Crippen LogP contribution in [0.2, 0.25) is 0 Å². The Morgan fingerprint density at radius 2 is 2.00 bits per heavy atom. The van der Waals surface area contributed by atoms with Gasteiger partial charge < -0.3 is 15.1 Å². The number of nitrogens with zero attached hydrogens (tertiary/aromatic N) is 2. The van der Waals surface area contributed by atoms with Crippen LogP contribution in [0.4, 0.5) is 0 Å². The number of nitrogens with one attached hydrogen (secondary N) is 1. The maximum Gasteiger partial charge on any atom is 0.240 e. The molecule has 0 bridgehead atoms. The summed E-state index contributed by atoms with van der Waals surface area (Å²) in [7, 11) is 2.14. The summed E-state index contributed by atoms with van der Waals surface area (Å²) in [4.78, 5) is 17.1. The fourth-order valence-corrected chi connectivity index (χ4v) is 3.26. The Labute approximate surface area is 111 Å². The zero-order valence-electron chi connectivity index (χ0n) is 12.0. The Hall–Kier alpha value is -0.610. The number of carbonyl (C=O) groups is 1. The smallest absolute Gasteiger partial charge is 0.240 e. The molecule has 4 heteroatoms. The van der Waals surface area contributed by atoms with E-state index in [0.29, 0.717) is 17.9 Å². The first-order valence-corrected chi connectivity index (χ1v) is 7.32. The quantitative estimate of drug-likeness (QED) is 0.755. The lowest BCUT2D eigenvalue weighted by Gasteiger charge is -2.36. The average molecular weight is 253 g/mol. The lowest BCUT2D eigenvalue weighted by atomic mass is 9.91. The number of hydrogen-bond donors (Lipinski definition) is 1. The van der Waals surface area contributed by atoms with Gasteiger partial charge in [-0.2, -0.15) is 0 Å². The van der Waals surface area contributed by atoms with Gasteiger partial charge >= 0.3 is 0 Å². The van der Waals surface area contributed by atoms with Gasteiger partial charge in [0.2, 0.25) is 5.91 Å². The summed E-state index contributed by atoms with van der Waals surface area (Å²) in [6.07, 6.45) is 3.46. The summed E-state index contributed by atoms with van der Waals surface area (Å²) in [5.74, 6) is 0.796. The van der Waals surface area contributed by atoms with Gasteiger partial charge in [0.05, 0.1) is 6.04 Å². The highest BCUT2D eigenvalue weighted by Gasteiger charge is 2.33. The third-order valence-electron chi connectivity index (χ3n) is 4.37. The van der Waals surface area contributed by atoms with Crippen molar-refractivity contribution in [2.24, 2.45) is 5.92 Å². The van der Waals surface area contributed by atoms with E-state index in [9.17, 15) is 4.79 Å². The molecular weight excluding hydrogens is 226 g/mol. The van der Waals surface area contributed by atoms with Crippen LogP contribution in [-0.4, -0.2) is 61.0 Å². The molecule has 1 amide bonds. The van der Waals surface area contributed by atoms with Crippen LogP contribution in [0, 0.1) is 5.92 Å². The summed E-state index contributed by atoms with van der Waals surface area (Å²) in [5, 5.41) is 3.41. The molecule has 0 aliphatic carbocycles. The molecule has 3 unspecified atom stereocenters. The second-order valence-electron chi connectivity index (χ2n) is 6.05. The van der Waals surface area contributed by atoms with E-state index in [-0.39, 0.29) is 6.04 Å². The van der Waals surface area contributed by atoms with E-state index in [1.54, 1.807) is 0 Å². The van der Waals surface area contributed by atoms with Crippen molar-refractivity contribution >= 4 is 5.91 Å². The first kappa shape index (κ1) is 13.8. The molecule has 0 radical (unpaired) electrons. The van der Waals surface area contributed by atoms with Crippen LogP contribution in [0.5, 0.6) is 0 Å². The minimum atomic E-state index is 0.0459. The number of hydrogen-bond acceptors (Lipinski definition) is 3. The van der Waals surface area contributed by atoms with Crippen LogP contribution in [0.15, 0.2) is 0 Å². The standard InChI is InChI=1S/C14H27N3O/c1-11-6-4-7-15-13(11)14(18)17-9-5-8-16(3)10-12(17)2/h11-13,15H,4-10H2,1-3H3. The highest BCUT2D eigenvalue weighted by atomic mass is 16.2. The molecule has 104 valence electrons. The van der Waals surface area contributed by atoms with Crippen molar-refractivity contribution in [3.05, 3.63) is 0 Å². The van der Waals surface area contributed by atoms with Gasteiger partial charge in [-0.25, -0.2) is 0 Å². The maximum absolute atomic E-state index is 12.7. The second-order valence-corrected chi connectivity index (χ2v) is 6.05. The molecule has 4 nitrogen and oxygen atoms in total. The van der Waals surface area contributed by atoms with E-state index in [2.05, 4.69) is 36.0 Å². The van der Waals surface area contributed by atoms with Crippen molar-refractivity contribution in [1.29, 1.82) is 0 Å². The molecule has 2 rings (SSSR count). The number of piperidine rings is 1. The monoisotopic (exact) mass is 253 g/mol. The second kappa shape index (κ2) is 6.02. The molecule has 0 aromatic heterocycles. The highest BCUT2D eigenvalue weighted by Crippen LogP contribution is 2.19. The van der Waals surface area contributed by atoms with Crippen molar-refractivity contribution in [3.63, 3.8) is 0 Å². The SMILES string of the molecule is CC1CCCNC1C(=O)N1CCCN(C)CC1C.